The van der Waals surface area contributed by atoms with E-state index < -0.39 is 0 Å². The van der Waals surface area contributed by atoms with Crippen LogP contribution in [0, 0.1) is 0 Å². The van der Waals surface area contributed by atoms with Crippen LogP contribution in [0.25, 0.3) is 10.8 Å². The van der Waals surface area contributed by atoms with Crippen molar-refractivity contribution in [2.45, 2.75) is 57.5 Å². The second-order valence-electron chi connectivity index (χ2n) is 8.70. The number of rotatable bonds is 5. The van der Waals surface area contributed by atoms with Crippen LogP contribution in [-0.4, -0.2) is 25.3 Å². The second-order valence-corrected chi connectivity index (χ2v) is 8.70. The van der Waals surface area contributed by atoms with Crippen LogP contribution in [0.15, 0.2) is 49.1 Å². The Morgan fingerprint density at radius 3 is 2.07 bits per heavy atom. The van der Waals surface area contributed by atoms with Gasteiger partial charge in [-0.2, -0.15) is 0 Å². The summed E-state index contributed by atoms with van der Waals surface area (Å²) in [5.41, 5.74) is 1.72. The fraction of sp³-hybridized carbons (Fsp3) is 0.429. The molecular weight excluding hydrogens is 334 g/mol. The first-order valence-corrected chi connectivity index (χ1v) is 9.82. The summed E-state index contributed by atoms with van der Waals surface area (Å²) in [5.74, 6) is 0.220. The van der Waals surface area contributed by atoms with Crippen LogP contribution < -0.4 is 10.5 Å². The van der Waals surface area contributed by atoms with Gasteiger partial charge in [-0.3, -0.25) is 0 Å². The van der Waals surface area contributed by atoms with Crippen LogP contribution >= 0.6 is 0 Å². The number of hydrogen-bond acceptors (Lipinski definition) is 4. The molecule has 1 saturated heterocycles. The van der Waals surface area contributed by atoms with Gasteiger partial charge in [0.2, 0.25) is 0 Å². The zero-order valence-electron chi connectivity index (χ0n) is 16.7. The molecule has 2 aromatic carbocycles. The minimum atomic E-state index is -0.317. The predicted octanol–water partition coefficient (Wildman–Crippen LogP) is 5.20. The molecule has 0 aliphatic carbocycles. The summed E-state index contributed by atoms with van der Waals surface area (Å²) in [7, 11) is -0.232. The standard InChI is InChI=1S/C21H28B2N2O2/c1-6-9-16(23-26-20(2,3)21(4,5)27-23)14-22-24-17-12-7-10-15-11-8-13-18(25-22)19(15)17/h6-8,10-13,16,24-25H,1,9,14H2,2-5H3/t16-/m0/s1. The minimum Gasteiger partial charge on any atom is -0.409 e. The molecule has 2 aliphatic heterocycles. The van der Waals surface area contributed by atoms with E-state index in [-0.39, 0.29) is 31.1 Å². The molecule has 2 aliphatic rings. The third-order valence-corrected chi connectivity index (χ3v) is 6.23. The lowest BCUT2D eigenvalue weighted by Crippen LogP contribution is -2.41. The van der Waals surface area contributed by atoms with Crippen molar-refractivity contribution >= 4 is 36.2 Å². The molecule has 4 rings (SSSR count). The summed E-state index contributed by atoms with van der Waals surface area (Å²) in [5, 5.41) is 9.82. The van der Waals surface area contributed by atoms with Crippen LogP contribution in [0.2, 0.25) is 12.1 Å². The first kappa shape index (κ1) is 18.5. The molecular formula is C21H28B2N2O2. The summed E-state index contributed by atoms with van der Waals surface area (Å²) in [4.78, 5) is 0. The third kappa shape index (κ3) is 3.26. The van der Waals surface area contributed by atoms with Gasteiger partial charge in [-0.25, -0.2) is 0 Å². The van der Waals surface area contributed by atoms with Crippen LogP contribution in [0.4, 0.5) is 11.4 Å². The number of benzene rings is 2. The maximum Gasteiger partial charge on any atom is 0.460 e. The Balaban J connectivity index is 1.55. The zero-order valence-corrected chi connectivity index (χ0v) is 16.7. The predicted molar refractivity (Wildman–Crippen MR) is 116 cm³/mol. The van der Waals surface area contributed by atoms with Crippen molar-refractivity contribution in [1.29, 1.82) is 0 Å². The topological polar surface area (TPSA) is 42.5 Å². The molecule has 0 unspecified atom stereocenters. The maximum absolute atomic E-state index is 6.32. The van der Waals surface area contributed by atoms with E-state index in [1.807, 2.05) is 6.08 Å². The molecule has 27 heavy (non-hydrogen) atoms. The highest BCUT2D eigenvalue weighted by molar-refractivity contribution is 6.69. The molecule has 0 amide bonds. The summed E-state index contributed by atoms with van der Waals surface area (Å²) in [6.45, 7) is 12.5. The molecule has 2 heterocycles. The van der Waals surface area contributed by atoms with Crippen LogP contribution in [0.1, 0.15) is 34.1 Å². The van der Waals surface area contributed by atoms with E-state index in [0.29, 0.717) is 0 Å². The smallest absolute Gasteiger partial charge is 0.409 e. The quantitative estimate of drug-likeness (QED) is 0.567. The summed E-state index contributed by atoms with van der Waals surface area (Å²) >= 11 is 0. The van der Waals surface area contributed by atoms with Crippen molar-refractivity contribution < 1.29 is 9.31 Å². The first-order valence-electron chi connectivity index (χ1n) is 9.82. The van der Waals surface area contributed by atoms with Gasteiger partial charge in [-0.15, -0.1) is 6.58 Å². The van der Waals surface area contributed by atoms with Gasteiger partial charge in [0.05, 0.1) is 11.2 Å². The molecule has 1 atom stereocenters. The van der Waals surface area contributed by atoms with Gasteiger partial charge in [0.1, 0.15) is 0 Å². The molecule has 0 bridgehead atoms. The molecule has 4 nitrogen and oxygen atoms in total. The van der Waals surface area contributed by atoms with Gasteiger partial charge in [-0.05, 0) is 63.8 Å². The first-order chi connectivity index (χ1) is 12.8. The van der Waals surface area contributed by atoms with E-state index in [1.54, 1.807) is 0 Å². The molecule has 6 heteroatoms. The molecule has 0 aromatic heterocycles. The van der Waals surface area contributed by atoms with Gasteiger partial charge in [0.15, 0.2) is 0 Å². The van der Waals surface area contributed by atoms with Gasteiger partial charge in [0, 0.05) is 16.8 Å². The van der Waals surface area contributed by atoms with E-state index in [9.17, 15) is 0 Å². The Bertz CT molecular complexity index is 812. The number of allylic oxidation sites excluding steroid dienone is 1. The average Bonchev–Trinajstić information content (AvgIpc) is 2.83. The van der Waals surface area contributed by atoms with E-state index >= 15 is 0 Å². The zero-order chi connectivity index (χ0) is 19.2. The number of hydrogen-bond donors (Lipinski definition) is 2. The van der Waals surface area contributed by atoms with E-state index in [2.05, 4.69) is 81.1 Å². The molecule has 2 N–H and O–H groups in total. The van der Waals surface area contributed by atoms with Crippen molar-refractivity contribution in [3.63, 3.8) is 0 Å². The van der Waals surface area contributed by atoms with Crippen LogP contribution in [-0.2, 0) is 9.31 Å². The summed E-state index contributed by atoms with van der Waals surface area (Å²) < 4.78 is 12.6. The van der Waals surface area contributed by atoms with Crippen molar-refractivity contribution in [2.24, 2.45) is 0 Å². The maximum atomic E-state index is 6.32. The van der Waals surface area contributed by atoms with Crippen molar-refractivity contribution in [2.75, 3.05) is 10.5 Å². The second kappa shape index (κ2) is 6.61. The average molecular weight is 362 g/mol. The van der Waals surface area contributed by atoms with Crippen molar-refractivity contribution in [1.82, 2.24) is 0 Å². The highest BCUT2D eigenvalue weighted by atomic mass is 16.7. The fourth-order valence-electron chi connectivity index (χ4n) is 4.03. The van der Waals surface area contributed by atoms with Crippen LogP contribution in [0.3, 0.4) is 0 Å². The van der Waals surface area contributed by atoms with Gasteiger partial charge in [0.25, 0.3) is 0 Å². The van der Waals surface area contributed by atoms with Crippen molar-refractivity contribution in [3.8, 4) is 0 Å². The molecule has 0 saturated carbocycles. The number of anilines is 2. The van der Waals surface area contributed by atoms with Crippen LogP contribution in [0.5, 0.6) is 0 Å². The molecule has 140 valence electrons. The van der Waals surface area contributed by atoms with Gasteiger partial charge in [-0.1, -0.05) is 30.3 Å². The lowest BCUT2D eigenvalue weighted by atomic mass is 9.55. The monoisotopic (exact) mass is 362 g/mol. The Labute approximate surface area is 163 Å². The summed E-state index contributed by atoms with van der Waals surface area (Å²) in [6.07, 6.45) is 3.70. The van der Waals surface area contributed by atoms with E-state index in [4.69, 9.17) is 9.31 Å². The molecule has 1 fully saturated rings. The lowest BCUT2D eigenvalue weighted by Gasteiger charge is -2.32. The third-order valence-electron chi connectivity index (χ3n) is 6.23. The van der Waals surface area contributed by atoms with E-state index in [0.717, 1.165) is 12.7 Å². The van der Waals surface area contributed by atoms with Crippen molar-refractivity contribution in [3.05, 3.63) is 49.1 Å². The Morgan fingerprint density at radius 2 is 1.56 bits per heavy atom. The molecule has 0 spiro atoms. The Hall–Kier alpha value is -1.91. The summed E-state index contributed by atoms with van der Waals surface area (Å²) in [6, 6.07) is 12.8. The molecule has 0 radical (unpaired) electrons. The highest BCUT2D eigenvalue weighted by Crippen LogP contribution is 2.43. The Morgan fingerprint density at radius 1 is 1.00 bits per heavy atom. The van der Waals surface area contributed by atoms with Gasteiger partial charge < -0.3 is 19.8 Å². The largest absolute Gasteiger partial charge is 0.460 e. The van der Waals surface area contributed by atoms with Gasteiger partial charge >= 0.3 is 14.1 Å². The van der Waals surface area contributed by atoms with E-state index in [1.165, 1.54) is 22.1 Å². The molecule has 2 aromatic rings. The minimum absolute atomic E-state index is 0.120. The SMILES string of the molecule is C=CC[C@@H](CB1Nc2cccc3cccc(c23)N1)B1OC(C)(C)C(C)(C)O1. The normalized spacial score (nSPS) is 20.9. The lowest BCUT2D eigenvalue weighted by molar-refractivity contribution is 0.00578. The fourth-order valence-corrected chi connectivity index (χ4v) is 4.03. The Kier molecular flexibility index (Phi) is 4.52. The number of nitrogens with one attached hydrogen (secondary N) is 2. The highest BCUT2D eigenvalue weighted by Gasteiger charge is 2.53.